The van der Waals surface area contributed by atoms with Gasteiger partial charge in [0, 0.05) is 24.4 Å². The molecule has 2 rings (SSSR count). The summed E-state index contributed by atoms with van der Waals surface area (Å²) in [6, 6.07) is -5.34. The molecule has 4 amide bonds. The third-order valence-corrected chi connectivity index (χ3v) is 7.04. The average Bonchev–Trinajstić information content (AvgIpc) is 3.55. The summed E-state index contributed by atoms with van der Waals surface area (Å²) in [6.07, 6.45) is -8.95. The van der Waals surface area contributed by atoms with Crippen LogP contribution >= 0.6 is 0 Å². The zero-order valence-corrected chi connectivity index (χ0v) is 23.7. The number of alkyl halides is 5. The molecule has 1 saturated heterocycles. The first-order valence-electron chi connectivity index (χ1n) is 13.0. The molecular formula is C25H37F5N4O7. The van der Waals surface area contributed by atoms with Crippen molar-refractivity contribution in [2.45, 2.75) is 110 Å². The quantitative estimate of drug-likeness (QED) is 0.210. The first-order valence-corrected chi connectivity index (χ1v) is 13.0. The largest absolute Gasteiger partial charge is 0.522 e. The van der Waals surface area contributed by atoms with E-state index in [1.807, 2.05) is 5.32 Å². The summed E-state index contributed by atoms with van der Waals surface area (Å²) < 4.78 is 71.4. The molecular weight excluding hydrogens is 563 g/mol. The van der Waals surface area contributed by atoms with Gasteiger partial charge in [0.2, 0.25) is 23.5 Å². The predicted octanol–water partition coefficient (Wildman–Crippen LogP) is 2.58. The molecule has 16 heteroatoms. The summed E-state index contributed by atoms with van der Waals surface area (Å²) in [5.41, 5.74) is -2.88. The highest BCUT2D eigenvalue weighted by Gasteiger charge is 2.58. The van der Waals surface area contributed by atoms with Crippen molar-refractivity contribution in [1.82, 2.24) is 20.9 Å². The van der Waals surface area contributed by atoms with Crippen molar-refractivity contribution in [3.05, 3.63) is 0 Å². The van der Waals surface area contributed by atoms with Gasteiger partial charge >= 0.3 is 12.5 Å². The van der Waals surface area contributed by atoms with Crippen LogP contribution in [0.2, 0.25) is 0 Å². The van der Waals surface area contributed by atoms with Gasteiger partial charge in [-0.2, -0.15) is 0 Å². The van der Waals surface area contributed by atoms with E-state index in [1.54, 1.807) is 0 Å². The lowest BCUT2D eigenvalue weighted by molar-refractivity contribution is -0.349. The summed E-state index contributed by atoms with van der Waals surface area (Å²) >= 11 is 0. The van der Waals surface area contributed by atoms with Crippen LogP contribution in [0, 0.1) is 10.8 Å². The number of nitrogens with one attached hydrogen (secondary N) is 3. The van der Waals surface area contributed by atoms with Crippen LogP contribution in [0.15, 0.2) is 0 Å². The van der Waals surface area contributed by atoms with E-state index < -0.39 is 96.3 Å². The Kier molecular flexibility index (Phi) is 10.0. The highest BCUT2D eigenvalue weighted by Crippen LogP contribution is 2.42. The molecule has 0 aromatic carbocycles. The molecule has 41 heavy (non-hydrogen) atoms. The summed E-state index contributed by atoms with van der Waals surface area (Å²) in [5.74, 6) is -7.87. The van der Waals surface area contributed by atoms with Gasteiger partial charge in [-0.05, 0) is 31.6 Å². The summed E-state index contributed by atoms with van der Waals surface area (Å²) in [4.78, 5) is 64.6. The van der Waals surface area contributed by atoms with E-state index in [0.29, 0.717) is 19.8 Å². The highest BCUT2D eigenvalue weighted by atomic mass is 19.4. The van der Waals surface area contributed by atoms with Gasteiger partial charge in [-0.1, -0.05) is 34.6 Å². The lowest BCUT2D eigenvalue weighted by Gasteiger charge is -2.37. The van der Waals surface area contributed by atoms with E-state index >= 15 is 0 Å². The molecule has 0 bridgehead atoms. The van der Waals surface area contributed by atoms with Crippen LogP contribution in [-0.2, 0) is 23.9 Å². The number of likely N-dealkylation sites (tertiary alicyclic amines) is 1. The minimum absolute atomic E-state index is 0.270. The van der Waals surface area contributed by atoms with Gasteiger partial charge in [0.1, 0.15) is 12.1 Å². The van der Waals surface area contributed by atoms with Gasteiger partial charge in [0.05, 0.1) is 12.1 Å². The second kappa shape index (κ2) is 12.1. The van der Waals surface area contributed by atoms with E-state index in [1.165, 1.54) is 34.6 Å². The number of halogens is 5. The summed E-state index contributed by atoms with van der Waals surface area (Å²) in [7, 11) is 0. The van der Waals surface area contributed by atoms with Crippen molar-refractivity contribution < 1.29 is 55.8 Å². The fraction of sp³-hybridized carbons (Fsp3) is 0.800. The molecule has 1 saturated carbocycles. The number of amides is 4. The fourth-order valence-electron chi connectivity index (χ4n) is 4.64. The van der Waals surface area contributed by atoms with E-state index in [2.05, 4.69) is 15.4 Å². The van der Waals surface area contributed by atoms with Gasteiger partial charge in [0.15, 0.2) is 0 Å². The number of rotatable bonds is 11. The maximum atomic E-state index is 13.7. The fourth-order valence-corrected chi connectivity index (χ4v) is 4.64. The van der Waals surface area contributed by atoms with Crippen LogP contribution in [0.5, 0.6) is 0 Å². The molecule has 0 spiro atoms. The second-order valence-corrected chi connectivity index (χ2v) is 12.3. The molecule has 1 aliphatic carbocycles. The van der Waals surface area contributed by atoms with E-state index in [9.17, 15) is 51.0 Å². The lowest BCUT2D eigenvalue weighted by atomic mass is 9.81. The number of carboxylic acid groups (broad SMARTS) is 1. The minimum Gasteiger partial charge on any atom is -0.465 e. The summed E-state index contributed by atoms with van der Waals surface area (Å²) in [6.45, 7) is 6.66. The maximum absolute atomic E-state index is 13.7. The van der Waals surface area contributed by atoms with Crippen LogP contribution in [-0.4, -0.2) is 88.7 Å². The van der Waals surface area contributed by atoms with Crippen molar-refractivity contribution in [2.24, 2.45) is 10.8 Å². The molecule has 4 atom stereocenters. The number of Topliss-reactive ketones (excluding diaryl/α,β-unsaturated/α-hetero) is 1. The molecule has 1 aliphatic heterocycles. The van der Waals surface area contributed by atoms with Crippen LogP contribution < -0.4 is 16.0 Å². The number of ketones is 1. The molecule has 234 valence electrons. The molecule has 0 aromatic heterocycles. The smallest absolute Gasteiger partial charge is 0.465 e. The number of nitrogens with zero attached hydrogens (tertiary/aromatic N) is 1. The first kappa shape index (κ1) is 34.2. The van der Waals surface area contributed by atoms with E-state index in [-0.39, 0.29) is 6.04 Å². The number of carbonyl (C=O) groups is 5. The maximum Gasteiger partial charge on any atom is 0.522 e. The molecule has 2 fully saturated rings. The normalized spacial score (nSPS) is 22.5. The SMILES string of the molecule is CC(F)(F)CC[C@H](NC(=O)[C@H]1N(C(=O)[C@@H](NC(=O)O)C(C)(C)C)C[C@H](OC(F)(F)F)C1(C)C)C(=O)C(=O)NC1CC1. The van der Waals surface area contributed by atoms with Crippen molar-refractivity contribution >= 4 is 29.6 Å². The Bertz CT molecular complexity index is 1030. The Hall–Kier alpha value is -3.04. The van der Waals surface area contributed by atoms with Crippen LogP contribution in [0.3, 0.4) is 0 Å². The zero-order valence-electron chi connectivity index (χ0n) is 23.7. The number of hydrogen-bond acceptors (Lipinski definition) is 6. The third kappa shape index (κ3) is 9.50. The lowest BCUT2D eigenvalue weighted by Crippen LogP contribution is -2.61. The van der Waals surface area contributed by atoms with Gasteiger partial charge in [-0.15, -0.1) is 13.2 Å². The van der Waals surface area contributed by atoms with E-state index in [0.717, 1.165) is 4.90 Å². The molecule has 0 radical (unpaired) electrons. The topological polar surface area (TPSA) is 154 Å². The molecule has 0 unspecified atom stereocenters. The predicted molar refractivity (Wildman–Crippen MR) is 133 cm³/mol. The monoisotopic (exact) mass is 600 g/mol. The van der Waals surface area contributed by atoms with Crippen molar-refractivity contribution in [1.29, 1.82) is 0 Å². The zero-order chi connectivity index (χ0) is 31.7. The Morgan fingerprint density at radius 2 is 1.56 bits per heavy atom. The molecule has 0 aromatic rings. The first-order chi connectivity index (χ1) is 18.4. The summed E-state index contributed by atoms with van der Waals surface area (Å²) in [5, 5.41) is 15.9. The van der Waals surface area contributed by atoms with Crippen LogP contribution in [0.1, 0.15) is 67.2 Å². The standard InChI is InChI=1S/C25H37F5N4O7/c1-22(2,3)16(33-21(39)40)20(38)34-11-14(41-25(28,29)30)23(4,5)17(34)19(37)32-13(9-10-24(6,26)27)15(35)18(36)31-12-7-8-12/h12-14,16-17,33H,7-11H2,1-6H3,(H,31,36)(H,32,37)(H,39,40)/t13-,14-,16+,17+/m0/s1. The van der Waals surface area contributed by atoms with Crippen molar-refractivity contribution in [3.63, 3.8) is 0 Å². The molecule has 1 heterocycles. The Morgan fingerprint density at radius 1 is 1.00 bits per heavy atom. The minimum atomic E-state index is -5.17. The molecule has 11 nitrogen and oxygen atoms in total. The molecule has 2 aliphatic rings. The van der Waals surface area contributed by atoms with Gasteiger partial charge < -0.3 is 26.0 Å². The van der Waals surface area contributed by atoms with Gasteiger partial charge in [0.25, 0.3) is 5.91 Å². The highest BCUT2D eigenvalue weighted by molar-refractivity contribution is 6.38. The van der Waals surface area contributed by atoms with Crippen LogP contribution in [0.25, 0.3) is 0 Å². The van der Waals surface area contributed by atoms with Crippen LogP contribution in [0.4, 0.5) is 26.7 Å². The molecule has 4 N–H and O–H groups in total. The van der Waals surface area contributed by atoms with Gasteiger partial charge in [-0.25, -0.2) is 13.6 Å². The Morgan fingerprint density at radius 3 is 2.00 bits per heavy atom. The van der Waals surface area contributed by atoms with Crippen molar-refractivity contribution in [3.8, 4) is 0 Å². The third-order valence-electron chi connectivity index (χ3n) is 7.04. The Labute approximate surface area is 233 Å². The van der Waals surface area contributed by atoms with E-state index in [4.69, 9.17) is 0 Å². The Balaban J connectivity index is 2.47. The van der Waals surface area contributed by atoms with Crippen molar-refractivity contribution in [2.75, 3.05) is 6.54 Å². The average molecular weight is 601 g/mol. The second-order valence-electron chi connectivity index (χ2n) is 12.3. The van der Waals surface area contributed by atoms with Gasteiger partial charge in [-0.3, -0.25) is 23.9 Å². The number of ether oxygens (including phenoxy) is 1. The number of carbonyl (C=O) groups excluding carboxylic acids is 4. The number of hydrogen-bond donors (Lipinski definition) is 4.